The average Bonchev–Trinajstić information content (AvgIpc) is 2.81. The number of amides is 1. The summed E-state index contributed by atoms with van der Waals surface area (Å²) in [6.07, 6.45) is 6.28. The molecule has 1 saturated heterocycles. The molecule has 94 valence electrons. The van der Waals surface area contributed by atoms with Crippen LogP contribution in [0.4, 0.5) is 0 Å². The van der Waals surface area contributed by atoms with E-state index >= 15 is 0 Å². The number of carbonyl (C=O) groups is 1. The third-order valence-corrected chi connectivity index (χ3v) is 4.34. The Morgan fingerprint density at radius 3 is 2.75 bits per heavy atom. The monoisotopic (exact) mass is 244 g/mol. The molecule has 0 aromatic heterocycles. The van der Waals surface area contributed by atoms with Crippen LogP contribution in [-0.4, -0.2) is 41.9 Å². The molecule has 1 atom stereocenters. The highest BCUT2D eigenvalue weighted by molar-refractivity contribution is 7.99. The van der Waals surface area contributed by atoms with Crippen molar-refractivity contribution >= 4 is 17.7 Å². The summed E-state index contributed by atoms with van der Waals surface area (Å²) >= 11 is 1.96. The molecule has 1 aliphatic rings. The van der Waals surface area contributed by atoms with Crippen LogP contribution in [0.5, 0.6) is 0 Å². The number of hydrogen-bond acceptors (Lipinski definition) is 3. The normalized spacial score (nSPS) is 20.0. The molecule has 1 unspecified atom stereocenters. The summed E-state index contributed by atoms with van der Waals surface area (Å²) in [6, 6.07) is 0.488. The van der Waals surface area contributed by atoms with Crippen LogP contribution in [0.2, 0.25) is 0 Å². The van der Waals surface area contributed by atoms with Crippen LogP contribution in [0, 0.1) is 0 Å². The standard InChI is InChI=1S/C12H24N2OS/c1-14(11-7-9-16-10-11)12(15)6-4-2-3-5-8-13/h11H,2-10,13H2,1H3. The molecule has 1 amide bonds. The Kier molecular flexibility index (Phi) is 6.88. The molecule has 2 N–H and O–H groups in total. The summed E-state index contributed by atoms with van der Waals surface area (Å²) in [7, 11) is 1.96. The number of unbranched alkanes of at least 4 members (excludes halogenated alkanes) is 3. The van der Waals surface area contributed by atoms with Gasteiger partial charge in [-0.15, -0.1) is 0 Å². The Morgan fingerprint density at radius 1 is 1.38 bits per heavy atom. The van der Waals surface area contributed by atoms with E-state index in [1.54, 1.807) is 0 Å². The predicted molar refractivity (Wildman–Crippen MR) is 70.6 cm³/mol. The molecule has 0 aliphatic carbocycles. The van der Waals surface area contributed by atoms with E-state index in [9.17, 15) is 4.79 Å². The molecule has 16 heavy (non-hydrogen) atoms. The van der Waals surface area contributed by atoms with Crippen LogP contribution in [0.1, 0.15) is 38.5 Å². The molecule has 0 saturated carbocycles. The SMILES string of the molecule is CN(C(=O)CCCCCCN)C1CCSC1. The van der Waals surface area contributed by atoms with Crippen molar-refractivity contribution in [3.05, 3.63) is 0 Å². The maximum Gasteiger partial charge on any atom is 0.222 e. The Morgan fingerprint density at radius 2 is 2.12 bits per heavy atom. The lowest BCUT2D eigenvalue weighted by molar-refractivity contribution is -0.131. The fourth-order valence-corrected chi connectivity index (χ4v) is 3.25. The van der Waals surface area contributed by atoms with Crippen molar-refractivity contribution in [1.82, 2.24) is 4.90 Å². The van der Waals surface area contributed by atoms with E-state index in [4.69, 9.17) is 5.73 Å². The molecule has 3 nitrogen and oxygen atoms in total. The van der Waals surface area contributed by atoms with Crippen LogP contribution in [0.3, 0.4) is 0 Å². The highest BCUT2D eigenvalue weighted by atomic mass is 32.2. The van der Waals surface area contributed by atoms with Crippen molar-refractivity contribution in [3.8, 4) is 0 Å². The maximum atomic E-state index is 11.9. The van der Waals surface area contributed by atoms with Crippen molar-refractivity contribution in [2.24, 2.45) is 5.73 Å². The minimum absolute atomic E-state index is 0.320. The Hall–Kier alpha value is -0.220. The molecule has 0 aromatic carbocycles. The van der Waals surface area contributed by atoms with Gasteiger partial charge in [0.1, 0.15) is 0 Å². The lowest BCUT2D eigenvalue weighted by Crippen LogP contribution is -2.36. The van der Waals surface area contributed by atoms with Gasteiger partial charge in [0.15, 0.2) is 0 Å². The van der Waals surface area contributed by atoms with Gasteiger partial charge in [-0.2, -0.15) is 11.8 Å². The number of hydrogen-bond donors (Lipinski definition) is 1. The molecule has 1 aliphatic heterocycles. The summed E-state index contributed by atoms with van der Waals surface area (Å²) in [5, 5.41) is 0. The van der Waals surface area contributed by atoms with Crippen molar-refractivity contribution in [1.29, 1.82) is 0 Å². The van der Waals surface area contributed by atoms with Crippen LogP contribution < -0.4 is 5.73 Å². The van der Waals surface area contributed by atoms with Gasteiger partial charge in [0.25, 0.3) is 0 Å². The van der Waals surface area contributed by atoms with E-state index in [1.807, 2.05) is 23.7 Å². The van der Waals surface area contributed by atoms with Crippen molar-refractivity contribution < 1.29 is 4.79 Å². The second-order valence-corrected chi connectivity index (χ2v) is 5.62. The van der Waals surface area contributed by atoms with Gasteiger partial charge in [0, 0.05) is 25.3 Å². The molecule has 0 spiro atoms. The second kappa shape index (κ2) is 7.96. The molecule has 0 aromatic rings. The molecular formula is C12H24N2OS. The minimum atomic E-state index is 0.320. The van der Waals surface area contributed by atoms with E-state index < -0.39 is 0 Å². The van der Waals surface area contributed by atoms with Gasteiger partial charge >= 0.3 is 0 Å². The molecule has 0 bridgehead atoms. The first-order valence-electron chi connectivity index (χ1n) is 6.29. The number of nitrogens with zero attached hydrogens (tertiary/aromatic N) is 1. The Labute approximate surface area is 103 Å². The van der Waals surface area contributed by atoms with Crippen LogP contribution >= 0.6 is 11.8 Å². The quantitative estimate of drug-likeness (QED) is 0.695. The zero-order valence-electron chi connectivity index (χ0n) is 10.3. The second-order valence-electron chi connectivity index (χ2n) is 4.47. The molecule has 1 rings (SSSR count). The lowest BCUT2D eigenvalue weighted by atomic mass is 10.1. The van der Waals surface area contributed by atoms with Gasteiger partial charge < -0.3 is 10.6 Å². The minimum Gasteiger partial charge on any atom is -0.342 e. The van der Waals surface area contributed by atoms with Crippen molar-refractivity contribution in [2.45, 2.75) is 44.6 Å². The smallest absolute Gasteiger partial charge is 0.222 e. The largest absolute Gasteiger partial charge is 0.342 e. The first-order valence-corrected chi connectivity index (χ1v) is 7.44. The Bertz CT molecular complexity index is 205. The summed E-state index contributed by atoms with van der Waals surface area (Å²) in [5.41, 5.74) is 5.42. The van der Waals surface area contributed by atoms with Gasteiger partial charge in [-0.3, -0.25) is 4.79 Å². The zero-order chi connectivity index (χ0) is 11.8. The topological polar surface area (TPSA) is 46.3 Å². The summed E-state index contributed by atoms with van der Waals surface area (Å²) in [6.45, 7) is 0.771. The number of carbonyl (C=O) groups excluding carboxylic acids is 1. The summed E-state index contributed by atoms with van der Waals surface area (Å²) in [4.78, 5) is 13.8. The van der Waals surface area contributed by atoms with Crippen molar-refractivity contribution in [3.63, 3.8) is 0 Å². The van der Waals surface area contributed by atoms with Gasteiger partial charge in [-0.05, 0) is 31.6 Å². The highest BCUT2D eigenvalue weighted by Gasteiger charge is 2.23. The van der Waals surface area contributed by atoms with E-state index in [1.165, 1.54) is 12.2 Å². The van der Waals surface area contributed by atoms with Gasteiger partial charge in [-0.25, -0.2) is 0 Å². The first kappa shape index (κ1) is 13.8. The zero-order valence-corrected chi connectivity index (χ0v) is 11.1. The molecular weight excluding hydrogens is 220 g/mol. The Balaban J connectivity index is 2.09. The molecule has 0 radical (unpaired) electrons. The van der Waals surface area contributed by atoms with E-state index in [2.05, 4.69) is 0 Å². The highest BCUT2D eigenvalue weighted by Crippen LogP contribution is 2.22. The van der Waals surface area contributed by atoms with E-state index in [-0.39, 0.29) is 0 Å². The average molecular weight is 244 g/mol. The van der Waals surface area contributed by atoms with E-state index in [0.717, 1.165) is 38.0 Å². The number of thioether (sulfide) groups is 1. The number of rotatable bonds is 7. The van der Waals surface area contributed by atoms with Gasteiger partial charge in [0.05, 0.1) is 0 Å². The van der Waals surface area contributed by atoms with Crippen LogP contribution in [-0.2, 0) is 4.79 Å². The summed E-state index contributed by atoms with van der Waals surface area (Å²) < 4.78 is 0. The fourth-order valence-electron chi connectivity index (χ4n) is 1.98. The molecule has 4 heteroatoms. The molecule has 1 fully saturated rings. The van der Waals surface area contributed by atoms with Crippen LogP contribution in [0.25, 0.3) is 0 Å². The first-order chi connectivity index (χ1) is 7.75. The third kappa shape index (κ3) is 4.74. The lowest BCUT2D eigenvalue weighted by Gasteiger charge is -2.23. The van der Waals surface area contributed by atoms with Crippen LogP contribution in [0.15, 0.2) is 0 Å². The number of nitrogens with two attached hydrogens (primary N) is 1. The predicted octanol–water partition coefficient (Wildman–Crippen LogP) is 1.86. The van der Waals surface area contributed by atoms with Gasteiger partial charge in [0.2, 0.25) is 5.91 Å². The fraction of sp³-hybridized carbons (Fsp3) is 0.917. The van der Waals surface area contributed by atoms with Crippen molar-refractivity contribution in [2.75, 3.05) is 25.1 Å². The summed E-state index contributed by atoms with van der Waals surface area (Å²) in [5.74, 6) is 2.65. The van der Waals surface area contributed by atoms with E-state index in [0.29, 0.717) is 18.4 Å². The van der Waals surface area contributed by atoms with Gasteiger partial charge in [-0.1, -0.05) is 12.8 Å². The maximum absolute atomic E-state index is 11.9. The molecule has 1 heterocycles. The third-order valence-electron chi connectivity index (χ3n) is 3.19.